The largest absolute Gasteiger partial charge is 0.480 e. The van der Waals surface area contributed by atoms with Gasteiger partial charge in [-0.05, 0) is 22.3 Å². The van der Waals surface area contributed by atoms with Crippen molar-refractivity contribution in [2.24, 2.45) is 0 Å². The van der Waals surface area contributed by atoms with E-state index in [1.54, 1.807) is 0 Å². The fourth-order valence-corrected chi connectivity index (χ4v) is 4.02. The minimum Gasteiger partial charge on any atom is -0.480 e. The normalized spacial score (nSPS) is 12.0. The van der Waals surface area contributed by atoms with E-state index in [-0.39, 0.29) is 51.2 Å². The minimum atomic E-state index is -1.02. The fourth-order valence-electron chi connectivity index (χ4n) is 4.02. The summed E-state index contributed by atoms with van der Waals surface area (Å²) in [5.74, 6) is -1.31. The molecule has 3 N–H and O–H groups in total. The number of aliphatic carboxylic acids is 1. The van der Waals surface area contributed by atoms with Crippen molar-refractivity contribution in [3.63, 3.8) is 0 Å². The molecule has 0 aliphatic heterocycles. The number of fused-ring (bicyclic) bond motifs is 3. The first-order valence-corrected chi connectivity index (χ1v) is 11.2. The number of aromatic nitrogens is 2. The van der Waals surface area contributed by atoms with Crippen LogP contribution in [0.1, 0.15) is 23.5 Å². The lowest BCUT2D eigenvalue weighted by atomic mass is 9.98. The van der Waals surface area contributed by atoms with E-state index >= 15 is 0 Å². The number of carbonyl (C=O) groups excluding carboxylic acids is 2. The monoisotopic (exact) mass is 478 g/mol. The zero-order valence-corrected chi connectivity index (χ0v) is 19.0. The molecular formula is C25H26N4O6. The van der Waals surface area contributed by atoms with Crippen LogP contribution in [0.4, 0.5) is 10.5 Å². The maximum atomic E-state index is 12.1. The Morgan fingerprint density at radius 3 is 2.37 bits per heavy atom. The van der Waals surface area contributed by atoms with Crippen LogP contribution >= 0.6 is 0 Å². The van der Waals surface area contributed by atoms with Crippen molar-refractivity contribution in [1.29, 1.82) is 0 Å². The Hall–Kier alpha value is -4.18. The summed E-state index contributed by atoms with van der Waals surface area (Å²) < 4.78 is 12.1. The molecule has 1 aliphatic rings. The maximum Gasteiger partial charge on any atom is 0.407 e. The molecule has 3 aromatic rings. The highest BCUT2D eigenvalue weighted by Crippen LogP contribution is 2.44. The number of nitrogens with one attached hydrogen (secondary N) is 2. The zero-order valence-electron chi connectivity index (χ0n) is 19.0. The number of carboxylic acids is 1. The quantitative estimate of drug-likeness (QED) is 0.361. The van der Waals surface area contributed by atoms with Gasteiger partial charge in [-0.25, -0.2) is 4.79 Å². The van der Waals surface area contributed by atoms with Gasteiger partial charge in [0, 0.05) is 18.7 Å². The summed E-state index contributed by atoms with van der Waals surface area (Å²) in [5, 5.41) is 17.9. The standard InChI is InChI=1S/C25H26N4O6/c30-23(28-17-13-27-29(14-17)15-24(31)32)9-11-34-12-10-26-25(33)35-16-22-20-7-3-1-5-18(20)19-6-2-4-8-21(19)22/h1-8,13-14,22H,9-12,15-16H2,(H,26,33)(H,28,30)(H,31,32). The van der Waals surface area contributed by atoms with E-state index in [0.29, 0.717) is 5.69 Å². The molecule has 0 radical (unpaired) electrons. The van der Waals surface area contributed by atoms with Gasteiger partial charge in [0.1, 0.15) is 13.2 Å². The van der Waals surface area contributed by atoms with Crippen LogP contribution in [-0.2, 0) is 25.6 Å². The Morgan fingerprint density at radius 1 is 1.00 bits per heavy atom. The summed E-state index contributed by atoms with van der Waals surface area (Å²) in [6, 6.07) is 16.3. The van der Waals surface area contributed by atoms with E-state index in [9.17, 15) is 14.4 Å². The van der Waals surface area contributed by atoms with Crippen LogP contribution in [0.15, 0.2) is 60.9 Å². The lowest BCUT2D eigenvalue weighted by Crippen LogP contribution is -2.29. The smallest absolute Gasteiger partial charge is 0.407 e. The number of carboxylic acid groups (broad SMARTS) is 1. The average Bonchev–Trinajstić information content (AvgIpc) is 3.41. The van der Waals surface area contributed by atoms with E-state index in [4.69, 9.17) is 14.6 Å². The Bertz CT molecular complexity index is 1160. The third kappa shape index (κ3) is 6.24. The summed E-state index contributed by atoms with van der Waals surface area (Å²) in [7, 11) is 0. The number of benzene rings is 2. The molecule has 0 unspecified atom stereocenters. The average molecular weight is 479 g/mol. The van der Waals surface area contributed by atoms with Crippen molar-refractivity contribution < 1.29 is 29.0 Å². The molecule has 0 fully saturated rings. The van der Waals surface area contributed by atoms with Crippen LogP contribution in [0.5, 0.6) is 0 Å². The van der Waals surface area contributed by atoms with Crippen LogP contribution in [-0.4, -0.2) is 59.2 Å². The predicted octanol–water partition coefficient (Wildman–Crippen LogP) is 2.85. The molecule has 4 rings (SSSR count). The van der Waals surface area contributed by atoms with Gasteiger partial charge in [0.05, 0.1) is 31.5 Å². The molecule has 1 heterocycles. The summed E-state index contributed by atoms with van der Waals surface area (Å²) in [4.78, 5) is 34.7. The molecule has 2 amide bonds. The highest BCUT2D eigenvalue weighted by Gasteiger charge is 2.28. The number of ether oxygens (including phenoxy) is 2. The molecule has 2 aromatic carbocycles. The second kappa shape index (κ2) is 11.3. The van der Waals surface area contributed by atoms with Crippen molar-refractivity contribution in [3.8, 4) is 11.1 Å². The molecule has 0 bridgehead atoms. The number of anilines is 1. The Kier molecular flexibility index (Phi) is 7.74. The number of hydrogen-bond acceptors (Lipinski definition) is 6. The highest BCUT2D eigenvalue weighted by atomic mass is 16.5. The lowest BCUT2D eigenvalue weighted by Gasteiger charge is -2.14. The molecule has 1 aromatic heterocycles. The van der Waals surface area contributed by atoms with Gasteiger partial charge in [0.25, 0.3) is 0 Å². The number of alkyl carbamates (subject to hydrolysis) is 1. The summed E-state index contributed by atoms with van der Waals surface area (Å²) in [6.07, 6.45) is 2.40. The Morgan fingerprint density at radius 2 is 1.69 bits per heavy atom. The highest BCUT2D eigenvalue weighted by molar-refractivity contribution is 5.90. The van der Waals surface area contributed by atoms with E-state index in [1.807, 2.05) is 24.3 Å². The van der Waals surface area contributed by atoms with Crippen LogP contribution in [0, 0.1) is 0 Å². The third-order valence-corrected chi connectivity index (χ3v) is 5.55. The second-order valence-corrected chi connectivity index (χ2v) is 7.98. The Balaban J connectivity index is 1.11. The number of nitrogens with zero attached hydrogens (tertiary/aromatic N) is 2. The molecule has 0 spiro atoms. The van der Waals surface area contributed by atoms with Gasteiger partial charge in [0.15, 0.2) is 0 Å². The van der Waals surface area contributed by atoms with E-state index in [2.05, 4.69) is 40.0 Å². The molecule has 0 saturated heterocycles. The van der Waals surface area contributed by atoms with Gasteiger partial charge in [-0.2, -0.15) is 5.10 Å². The number of rotatable bonds is 11. The molecule has 1 aliphatic carbocycles. The minimum absolute atomic E-state index is 0.000791. The first-order chi connectivity index (χ1) is 17.0. The number of amides is 2. The zero-order chi connectivity index (χ0) is 24.6. The summed E-state index contributed by atoms with van der Waals surface area (Å²) in [6.45, 7) is 0.606. The van der Waals surface area contributed by atoms with Crippen LogP contribution in [0.3, 0.4) is 0 Å². The van der Waals surface area contributed by atoms with Gasteiger partial charge in [-0.1, -0.05) is 48.5 Å². The van der Waals surface area contributed by atoms with Gasteiger partial charge in [0.2, 0.25) is 5.91 Å². The first-order valence-electron chi connectivity index (χ1n) is 11.2. The van der Waals surface area contributed by atoms with Crippen LogP contribution < -0.4 is 10.6 Å². The van der Waals surface area contributed by atoms with Crippen molar-refractivity contribution in [2.75, 3.05) is 31.7 Å². The van der Waals surface area contributed by atoms with Crippen LogP contribution in [0.2, 0.25) is 0 Å². The number of carbonyl (C=O) groups is 3. The molecule has 10 nitrogen and oxygen atoms in total. The third-order valence-electron chi connectivity index (χ3n) is 5.55. The van der Waals surface area contributed by atoms with Gasteiger partial charge in [-0.15, -0.1) is 0 Å². The summed E-state index contributed by atoms with van der Waals surface area (Å²) >= 11 is 0. The SMILES string of the molecule is O=C(O)Cn1cc(NC(=O)CCOCCNC(=O)OCC2c3ccccc3-c3ccccc32)cn1. The predicted molar refractivity (Wildman–Crippen MR) is 127 cm³/mol. The maximum absolute atomic E-state index is 12.1. The fraction of sp³-hybridized carbons (Fsp3) is 0.280. The number of hydrogen-bond donors (Lipinski definition) is 3. The van der Waals surface area contributed by atoms with E-state index < -0.39 is 12.1 Å². The van der Waals surface area contributed by atoms with Crippen molar-refractivity contribution in [2.45, 2.75) is 18.9 Å². The van der Waals surface area contributed by atoms with Crippen molar-refractivity contribution in [3.05, 3.63) is 72.1 Å². The summed E-state index contributed by atoms with van der Waals surface area (Å²) in [5.41, 5.74) is 5.05. The molecular weight excluding hydrogens is 452 g/mol. The molecule has 0 atom stereocenters. The topological polar surface area (TPSA) is 132 Å². The second-order valence-electron chi connectivity index (χ2n) is 7.98. The Labute approximate surface area is 201 Å². The molecule has 35 heavy (non-hydrogen) atoms. The van der Waals surface area contributed by atoms with E-state index in [0.717, 1.165) is 11.1 Å². The lowest BCUT2D eigenvalue weighted by molar-refractivity contribution is -0.137. The van der Waals surface area contributed by atoms with Gasteiger partial charge >= 0.3 is 12.1 Å². The van der Waals surface area contributed by atoms with Gasteiger partial charge < -0.3 is 25.2 Å². The molecule has 182 valence electrons. The van der Waals surface area contributed by atoms with Crippen molar-refractivity contribution in [1.82, 2.24) is 15.1 Å². The first kappa shape index (κ1) is 24.0. The molecule has 0 saturated carbocycles. The molecule has 10 heteroatoms. The van der Waals surface area contributed by atoms with Crippen molar-refractivity contribution >= 4 is 23.7 Å². The van der Waals surface area contributed by atoms with Gasteiger partial charge in [-0.3, -0.25) is 14.3 Å². The van der Waals surface area contributed by atoms with E-state index in [1.165, 1.54) is 28.2 Å². The van der Waals surface area contributed by atoms with Crippen LogP contribution in [0.25, 0.3) is 11.1 Å².